The minimum absolute atomic E-state index is 0.0129. The van der Waals surface area contributed by atoms with Crippen LogP contribution in [0.5, 0.6) is 0 Å². The third-order valence-corrected chi connectivity index (χ3v) is 2.73. The van der Waals surface area contributed by atoms with E-state index >= 15 is 0 Å². The Kier molecular flexibility index (Phi) is 3.26. The third-order valence-electron chi connectivity index (χ3n) is 2.73. The van der Waals surface area contributed by atoms with Crippen LogP contribution in [0.2, 0.25) is 0 Å². The van der Waals surface area contributed by atoms with E-state index in [1.807, 2.05) is 0 Å². The standard InChI is InChI=1S/C11H12N2O5/c14-8-4-13(5-9(8)15)10(16)6-2-1-3-7(12-6)11(17)18/h1-3,8-9,14-15H,4-5H2,(H,17,18). The molecule has 1 aliphatic heterocycles. The van der Waals surface area contributed by atoms with E-state index in [4.69, 9.17) is 5.11 Å². The van der Waals surface area contributed by atoms with Crippen molar-refractivity contribution < 1.29 is 24.9 Å². The number of hydrogen-bond donors (Lipinski definition) is 3. The summed E-state index contributed by atoms with van der Waals surface area (Å²) in [6.07, 6.45) is -1.95. The minimum atomic E-state index is -1.22. The predicted molar refractivity (Wildman–Crippen MR) is 59.1 cm³/mol. The van der Waals surface area contributed by atoms with E-state index in [2.05, 4.69) is 4.98 Å². The van der Waals surface area contributed by atoms with Gasteiger partial charge in [-0.2, -0.15) is 0 Å². The van der Waals surface area contributed by atoms with Gasteiger partial charge in [0.1, 0.15) is 11.4 Å². The van der Waals surface area contributed by atoms with E-state index in [9.17, 15) is 19.8 Å². The van der Waals surface area contributed by atoms with Gasteiger partial charge in [-0.3, -0.25) is 4.79 Å². The second kappa shape index (κ2) is 4.71. The van der Waals surface area contributed by atoms with E-state index < -0.39 is 24.1 Å². The summed E-state index contributed by atoms with van der Waals surface area (Å²) in [5.74, 6) is -1.72. The first-order valence-corrected chi connectivity index (χ1v) is 5.35. The first-order chi connectivity index (χ1) is 8.49. The highest BCUT2D eigenvalue weighted by Crippen LogP contribution is 2.13. The number of carbonyl (C=O) groups excluding carboxylic acids is 1. The van der Waals surface area contributed by atoms with Crippen molar-refractivity contribution >= 4 is 11.9 Å². The topological polar surface area (TPSA) is 111 Å². The number of aromatic nitrogens is 1. The molecule has 1 aromatic rings. The number of aromatic carboxylic acids is 1. The van der Waals surface area contributed by atoms with Crippen molar-refractivity contribution in [3.8, 4) is 0 Å². The van der Waals surface area contributed by atoms with Gasteiger partial charge in [-0.25, -0.2) is 9.78 Å². The summed E-state index contributed by atoms with van der Waals surface area (Å²) in [7, 11) is 0. The first kappa shape index (κ1) is 12.5. The maximum absolute atomic E-state index is 12.0. The van der Waals surface area contributed by atoms with Crippen LogP contribution in [0.15, 0.2) is 18.2 Å². The van der Waals surface area contributed by atoms with Gasteiger partial charge in [0, 0.05) is 13.1 Å². The summed E-state index contributed by atoms with van der Waals surface area (Å²) in [4.78, 5) is 27.6. The van der Waals surface area contributed by atoms with Gasteiger partial charge in [-0.15, -0.1) is 0 Å². The van der Waals surface area contributed by atoms with Gasteiger partial charge in [0.15, 0.2) is 0 Å². The number of likely N-dealkylation sites (tertiary alicyclic amines) is 1. The van der Waals surface area contributed by atoms with E-state index in [1.165, 1.54) is 23.1 Å². The number of β-amino-alcohol motifs (C(OH)–C–C–N with tert-alkyl or cyclic N) is 2. The fourth-order valence-corrected chi connectivity index (χ4v) is 1.77. The average Bonchev–Trinajstić information content (AvgIpc) is 2.69. The van der Waals surface area contributed by atoms with Gasteiger partial charge >= 0.3 is 5.97 Å². The number of hydrogen-bond acceptors (Lipinski definition) is 5. The van der Waals surface area contributed by atoms with Crippen LogP contribution in [0.1, 0.15) is 21.0 Å². The Morgan fingerprint density at radius 2 is 1.72 bits per heavy atom. The van der Waals surface area contributed by atoms with Gasteiger partial charge in [0.05, 0.1) is 12.2 Å². The second-order valence-corrected chi connectivity index (χ2v) is 4.06. The highest BCUT2D eigenvalue weighted by atomic mass is 16.4. The molecule has 2 atom stereocenters. The van der Waals surface area contributed by atoms with E-state index in [0.29, 0.717) is 0 Å². The number of carboxylic acid groups (broad SMARTS) is 1. The number of carboxylic acids is 1. The van der Waals surface area contributed by atoms with Crippen LogP contribution in [-0.2, 0) is 0 Å². The molecule has 1 aliphatic rings. The third kappa shape index (κ3) is 2.31. The van der Waals surface area contributed by atoms with Crippen molar-refractivity contribution in [3.05, 3.63) is 29.6 Å². The molecule has 1 amide bonds. The Balaban J connectivity index is 2.19. The van der Waals surface area contributed by atoms with Crippen molar-refractivity contribution in [1.82, 2.24) is 9.88 Å². The summed E-state index contributed by atoms with van der Waals surface area (Å²) in [6.45, 7) is 0.0258. The smallest absolute Gasteiger partial charge is 0.354 e. The molecule has 0 radical (unpaired) electrons. The fraction of sp³-hybridized carbons (Fsp3) is 0.364. The van der Waals surface area contributed by atoms with Crippen molar-refractivity contribution in [3.63, 3.8) is 0 Å². The van der Waals surface area contributed by atoms with E-state index in [0.717, 1.165) is 0 Å². The van der Waals surface area contributed by atoms with Crippen molar-refractivity contribution in [2.45, 2.75) is 12.2 Å². The number of rotatable bonds is 2. The lowest BCUT2D eigenvalue weighted by molar-refractivity contribution is 0.0572. The van der Waals surface area contributed by atoms with Gasteiger partial charge in [-0.05, 0) is 12.1 Å². The number of pyridine rings is 1. The molecule has 96 valence electrons. The Morgan fingerprint density at radius 3 is 2.28 bits per heavy atom. The predicted octanol–water partition coefficient (Wildman–Crippen LogP) is -1.04. The zero-order valence-corrected chi connectivity index (χ0v) is 9.35. The minimum Gasteiger partial charge on any atom is -0.477 e. The Bertz CT molecular complexity index is 480. The van der Waals surface area contributed by atoms with Crippen LogP contribution in [0.25, 0.3) is 0 Å². The molecule has 0 aromatic carbocycles. The monoisotopic (exact) mass is 252 g/mol. The van der Waals surface area contributed by atoms with Crippen molar-refractivity contribution in [2.75, 3.05) is 13.1 Å². The van der Waals surface area contributed by atoms with Gasteiger partial charge < -0.3 is 20.2 Å². The lowest BCUT2D eigenvalue weighted by atomic mass is 10.3. The molecule has 18 heavy (non-hydrogen) atoms. The van der Waals surface area contributed by atoms with Gasteiger partial charge in [0.2, 0.25) is 0 Å². The maximum atomic E-state index is 12.0. The zero-order valence-electron chi connectivity index (χ0n) is 9.35. The van der Waals surface area contributed by atoms with Crippen molar-refractivity contribution in [2.24, 2.45) is 0 Å². The normalized spacial score (nSPS) is 23.1. The van der Waals surface area contributed by atoms with E-state index in [1.54, 1.807) is 0 Å². The molecule has 0 saturated carbocycles. The zero-order chi connectivity index (χ0) is 13.3. The fourth-order valence-electron chi connectivity index (χ4n) is 1.77. The van der Waals surface area contributed by atoms with Crippen LogP contribution in [0.4, 0.5) is 0 Å². The lowest BCUT2D eigenvalue weighted by Gasteiger charge is -2.14. The number of aliphatic hydroxyl groups is 2. The van der Waals surface area contributed by atoms with Crippen LogP contribution in [0, 0.1) is 0 Å². The lowest BCUT2D eigenvalue weighted by Crippen LogP contribution is -2.30. The number of nitrogens with zero attached hydrogens (tertiary/aromatic N) is 2. The highest BCUT2D eigenvalue weighted by molar-refractivity contribution is 5.94. The summed E-state index contributed by atoms with van der Waals surface area (Å²) < 4.78 is 0. The Morgan fingerprint density at radius 1 is 1.17 bits per heavy atom. The molecule has 2 unspecified atom stereocenters. The molecule has 3 N–H and O–H groups in total. The maximum Gasteiger partial charge on any atom is 0.354 e. The van der Waals surface area contributed by atoms with Crippen molar-refractivity contribution in [1.29, 1.82) is 0 Å². The summed E-state index contributed by atoms with van der Waals surface area (Å²) >= 11 is 0. The van der Waals surface area contributed by atoms with E-state index in [-0.39, 0.29) is 24.5 Å². The molecule has 7 heteroatoms. The molecule has 0 aliphatic carbocycles. The molecule has 1 fully saturated rings. The van der Waals surface area contributed by atoms with Gasteiger partial charge in [0.25, 0.3) is 5.91 Å². The molecule has 2 heterocycles. The largest absolute Gasteiger partial charge is 0.477 e. The Hall–Kier alpha value is -1.99. The molecule has 7 nitrogen and oxygen atoms in total. The second-order valence-electron chi connectivity index (χ2n) is 4.06. The molecule has 1 saturated heterocycles. The SMILES string of the molecule is O=C(O)c1cccc(C(=O)N2CC(O)C(O)C2)n1. The summed E-state index contributed by atoms with van der Waals surface area (Å²) in [6, 6.07) is 4.10. The summed E-state index contributed by atoms with van der Waals surface area (Å²) in [5, 5.41) is 27.5. The summed E-state index contributed by atoms with van der Waals surface area (Å²) in [5.41, 5.74) is -0.239. The molecule has 0 bridgehead atoms. The molecular weight excluding hydrogens is 240 g/mol. The number of aliphatic hydroxyl groups excluding tert-OH is 2. The molecular formula is C11H12N2O5. The van der Waals surface area contributed by atoms with Gasteiger partial charge in [-0.1, -0.05) is 6.07 Å². The molecule has 0 spiro atoms. The first-order valence-electron chi connectivity index (χ1n) is 5.35. The quantitative estimate of drug-likeness (QED) is 0.620. The molecule has 2 rings (SSSR count). The van der Waals surface area contributed by atoms with Crippen LogP contribution >= 0.6 is 0 Å². The van der Waals surface area contributed by atoms with Crippen LogP contribution in [0.3, 0.4) is 0 Å². The number of amides is 1. The average molecular weight is 252 g/mol. The van der Waals surface area contributed by atoms with Crippen LogP contribution < -0.4 is 0 Å². The Labute approximate surface area is 102 Å². The molecule has 1 aromatic heterocycles. The highest BCUT2D eigenvalue weighted by Gasteiger charge is 2.33. The van der Waals surface area contributed by atoms with Crippen LogP contribution in [-0.4, -0.2) is 62.4 Å². The number of carbonyl (C=O) groups is 2.